The normalized spacial score (nSPS) is 18.9. The third-order valence-corrected chi connectivity index (χ3v) is 2.77. The van der Waals surface area contributed by atoms with Gasteiger partial charge < -0.3 is 20.1 Å². The number of nitrogens with one attached hydrogen (secondary N) is 1. The first-order valence-electron chi connectivity index (χ1n) is 5.36. The summed E-state index contributed by atoms with van der Waals surface area (Å²) in [5.74, 6) is -1.03. The molecule has 6 heteroatoms. The lowest BCUT2D eigenvalue weighted by Gasteiger charge is -2.31. The highest BCUT2D eigenvalue weighted by Crippen LogP contribution is 2.12. The van der Waals surface area contributed by atoms with E-state index in [4.69, 9.17) is 9.84 Å². The highest BCUT2D eigenvalue weighted by molar-refractivity contribution is 5.82. The zero-order valence-electron chi connectivity index (χ0n) is 9.60. The molecule has 1 fully saturated rings. The summed E-state index contributed by atoms with van der Waals surface area (Å²) in [4.78, 5) is 23.8. The van der Waals surface area contributed by atoms with Crippen molar-refractivity contribution in [2.24, 2.45) is 0 Å². The Balaban J connectivity index is 2.43. The number of carbonyl (C=O) groups is 2. The number of carbonyl (C=O) groups excluding carboxylic acids is 1. The smallest absolute Gasteiger partial charge is 0.325 e. The van der Waals surface area contributed by atoms with Crippen LogP contribution >= 0.6 is 0 Å². The molecule has 1 heterocycles. The molecule has 1 aliphatic heterocycles. The summed E-state index contributed by atoms with van der Waals surface area (Å²) in [6.45, 7) is 2.74. The summed E-state index contributed by atoms with van der Waals surface area (Å²) in [5.41, 5.74) is 0. The van der Waals surface area contributed by atoms with Crippen LogP contribution in [0, 0.1) is 0 Å². The lowest BCUT2D eigenvalue weighted by Crippen LogP contribution is -2.49. The van der Waals surface area contributed by atoms with Gasteiger partial charge in [-0.2, -0.15) is 0 Å². The van der Waals surface area contributed by atoms with E-state index in [9.17, 15) is 9.59 Å². The predicted molar refractivity (Wildman–Crippen MR) is 57.2 cm³/mol. The van der Waals surface area contributed by atoms with Crippen LogP contribution in [-0.4, -0.2) is 54.4 Å². The van der Waals surface area contributed by atoms with E-state index < -0.39 is 12.0 Å². The zero-order chi connectivity index (χ0) is 12.1. The van der Waals surface area contributed by atoms with E-state index in [2.05, 4.69) is 5.32 Å². The maximum atomic E-state index is 11.7. The molecule has 1 rings (SSSR count). The number of urea groups is 1. The van der Waals surface area contributed by atoms with Gasteiger partial charge in [-0.3, -0.25) is 4.79 Å². The molecule has 0 spiro atoms. The molecule has 92 valence electrons. The predicted octanol–water partition coefficient (Wildman–Crippen LogP) is 0.280. The number of ether oxygens (including phenoxy) is 1. The van der Waals surface area contributed by atoms with Crippen molar-refractivity contribution in [1.82, 2.24) is 10.2 Å². The third kappa shape index (κ3) is 3.37. The molecule has 0 saturated carbocycles. The topological polar surface area (TPSA) is 78.9 Å². The number of hydrogen-bond acceptors (Lipinski definition) is 3. The molecule has 0 aromatic rings. The summed E-state index contributed by atoms with van der Waals surface area (Å²) in [6.07, 6.45) is 1.59. The van der Waals surface area contributed by atoms with Crippen molar-refractivity contribution < 1.29 is 19.4 Å². The lowest BCUT2D eigenvalue weighted by atomic mass is 10.1. The molecule has 0 bridgehead atoms. The highest BCUT2D eigenvalue weighted by atomic mass is 16.5. The van der Waals surface area contributed by atoms with Crippen molar-refractivity contribution in [3.05, 3.63) is 0 Å². The zero-order valence-corrected chi connectivity index (χ0v) is 9.60. The largest absolute Gasteiger partial charge is 0.480 e. The minimum Gasteiger partial charge on any atom is -0.480 e. The third-order valence-electron chi connectivity index (χ3n) is 2.77. The van der Waals surface area contributed by atoms with Crippen molar-refractivity contribution in [3.63, 3.8) is 0 Å². The average Bonchev–Trinajstić information content (AvgIpc) is 2.28. The fourth-order valence-electron chi connectivity index (χ4n) is 1.59. The van der Waals surface area contributed by atoms with E-state index in [1.54, 1.807) is 11.9 Å². The van der Waals surface area contributed by atoms with Crippen LogP contribution in [-0.2, 0) is 9.53 Å². The van der Waals surface area contributed by atoms with Gasteiger partial charge in [-0.05, 0) is 19.8 Å². The fraction of sp³-hybridized carbons (Fsp3) is 0.800. The second kappa shape index (κ2) is 5.69. The van der Waals surface area contributed by atoms with Crippen molar-refractivity contribution in [2.45, 2.75) is 31.8 Å². The van der Waals surface area contributed by atoms with Gasteiger partial charge in [0, 0.05) is 26.3 Å². The number of carboxylic acids is 1. The number of rotatable bonds is 3. The molecule has 0 radical (unpaired) electrons. The summed E-state index contributed by atoms with van der Waals surface area (Å²) >= 11 is 0. The summed E-state index contributed by atoms with van der Waals surface area (Å²) in [5, 5.41) is 11.1. The first kappa shape index (κ1) is 12.8. The number of carboxylic acid groups (broad SMARTS) is 1. The number of nitrogens with zero attached hydrogens (tertiary/aromatic N) is 1. The molecule has 0 unspecified atom stereocenters. The van der Waals surface area contributed by atoms with Crippen molar-refractivity contribution in [3.8, 4) is 0 Å². The molecule has 0 aromatic heterocycles. The van der Waals surface area contributed by atoms with Gasteiger partial charge in [-0.1, -0.05) is 0 Å². The molecule has 2 N–H and O–H groups in total. The van der Waals surface area contributed by atoms with Gasteiger partial charge in [0.2, 0.25) is 0 Å². The monoisotopic (exact) mass is 230 g/mol. The van der Waals surface area contributed by atoms with E-state index in [1.807, 2.05) is 0 Å². The Morgan fingerprint density at radius 3 is 2.50 bits per heavy atom. The van der Waals surface area contributed by atoms with Crippen molar-refractivity contribution >= 4 is 12.0 Å². The van der Waals surface area contributed by atoms with E-state index in [-0.39, 0.29) is 12.1 Å². The van der Waals surface area contributed by atoms with Gasteiger partial charge in [-0.15, -0.1) is 0 Å². The fourth-order valence-corrected chi connectivity index (χ4v) is 1.59. The maximum Gasteiger partial charge on any atom is 0.325 e. The van der Waals surface area contributed by atoms with Gasteiger partial charge in [0.15, 0.2) is 0 Å². The van der Waals surface area contributed by atoms with Crippen LogP contribution in [0.1, 0.15) is 19.8 Å². The molecule has 6 nitrogen and oxygen atoms in total. The van der Waals surface area contributed by atoms with E-state index in [1.165, 1.54) is 6.92 Å². The molecular formula is C10H18N2O4. The average molecular weight is 230 g/mol. The van der Waals surface area contributed by atoms with Crippen LogP contribution in [0.4, 0.5) is 4.79 Å². The van der Waals surface area contributed by atoms with Crippen LogP contribution in [0.2, 0.25) is 0 Å². The van der Waals surface area contributed by atoms with Gasteiger partial charge in [0.25, 0.3) is 0 Å². The minimum atomic E-state index is -1.03. The summed E-state index contributed by atoms with van der Waals surface area (Å²) < 4.78 is 5.20. The Bertz CT molecular complexity index is 264. The summed E-state index contributed by atoms with van der Waals surface area (Å²) in [6, 6.07) is -1.08. The molecule has 0 aliphatic carbocycles. The van der Waals surface area contributed by atoms with Crippen LogP contribution in [0.3, 0.4) is 0 Å². The van der Waals surface area contributed by atoms with Crippen LogP contribution < -0.4 is 5.32 Å². The molecule has 0 aromatic carbocycles. The Morgan fingerprint density at radius 2 is 2.00 bits per heavy atom. The molecule has 1 atom stereocenters. The van der Waals surface area contributed by atoms with Gasteiger partial charge >= 0.3 is 12.0 Å². The van der Waals surface area contributed by atoms with Crippen LogP contribution in [0.25, 0.3) is 0 Å². The van der Waals surface area contributed by atoms with Crippen molar-refractivity contribution in [2.75, 3.05) is 20.3 Å². The van der Waals surface area contributed by atoms with Crippen molar-refractivity contribution in [1.29, 1.82) is 0 Å². The second-order valence-electron chi connectivity index (χ2n) is 3.96. The Morgan fingerprint density at radius 1 is 1.44 bits per heavy atom. The van der Waals surface area contributed by atoms with E-state index in [0.29, 0.717) is 13.2 Å². The van der Waals surface area contributed by atoms with Gasteiger partial charge in [0.05, 0.1) is 0 Å². The quantitative estimate of drug-likeness (QED) is 0.730. The standard InChI is InChI=1S/C10H18N2O4/c1-7(9(13)14)11-10(15)12(2)8-3-5-16-6-4-8/h7-8H,3-6H2,1-2H3,(H,11,15)(H,13,14)/t7-/m0/s1. The number of hydrogen-bond donors (Lipinski definition) is 2. The van der Waals surface area contributed by atoms with Gasteiger partial charge in [-0.25, -0.2) is 4.79 Å². The lowest BCUT2D eigenvalue weighted by molar-refractivity contribution is -0.138. The Hall–Kier alpha value is -1.30. The second-order valence-corrected chi connectivity index (χ2v) is 3.96. The molecule has 1 aliphatic rings. The van der Waals surface area contributed by atoms with Crippen LogP contribution in [0.5, 0.6) is 0 Å². The Kier molecular flexibility index (Phi) is 4.54. The van der Waals surface area contributed by atoms with E-state index in [0.717, 1.165) is 12.8 Å². The first-order valence-corrected chi connectivity index (χ1v) is 5.36. The highest BCUT2D eigenvalue weighted by Gasteiger charge is 2.24. The summed E-state index contributed by atoms with van der Waals surface area (Å²) in [7, 11) is 1.68. The molecule has 2 amide bonds. The maximum absolute atomic E-state index is 11.7. The minimum absolute atomic E-state index is 0.134. The van der Waals surface area contributed by atoms with Crippen LogP contribution in [0.15, 0.2) is 0 Å². The number of amides is 2. The first-order chi connectivity index (χ1) is 7.52. The van der Waals surface area contributed by atoms with Gasteiger partial charge in [0.1, 0.15) is 6.04 Å². The molecule has 16 heavy (non-hydrogen) atoms. The van der Waals surface area contributed by atoms with E-state index >= 15 is 0 Å². The Labute approximate surface area is 94.6 Å². The SMILES string of the molecule is C[C@H](NC(=O)N(C)C1CCOCC1)C(=O)O. The molecular weight excluding hydrogens is 212 g/mol. The number of aliphatic carboxylic acids is 1. The molecule has 1 saturated heterocycles.